The molecule has 0 aliphatic heterocycles. The molecule has 0 bridgehead atoms. The molecule has 0 aliphatic rings. The van der Waals surface area contributed by atoms with E-state index in [0.29, 0.717) is 33.4 Å². The van der Waals surface area contributed by atoms with Gasteiger partial charge in [0.1, 0.15) is 11.3 Å². The predicted molar refractivity (Wildman–Crippen MR) is 117 cm³/mol. The Morgan fingerprint density at radius 3 is 2.52 bits per heavy atom. The summed E-state index contributed by atoms with van der Waals surface area (Å²) in [7, 11) is -3.87. The first-order valence-corrected chi connectivity index (χ1v) is 11.0. The number of imidazole rings is 1. The van der Waals surface area contributed by atoms with Gasteiger partial charge in [-0.05, 0) is 50.2 Å². The normalized spacial score (nSPS) is 11.5. The topological polar surface area (TPSA) is 118 Å². The molecule has 0 radical (unpaired) electrons. The second-order valence-electron chi connectivity index (χ2n) is 6.72. The Hall–Kier alpha value is -3.50. The first kappa shape index (κ1) is 20.8. The molecule has 0 unspecified atom stereocenters. The Balaban J connectivity index is 1.54. The van der Waals surface area contributed by atoms with Crippen LogP contribution < -0.4 is 10.0 Å². The highest BCUT2D eigenvalue weighted by Gasteiger charge is 2.19. The van der Waals surface area contributed by atoms with Gasteiger partial charge in [0.25, 0.3) is 15.9 Å². The first-order valence-electron chi connectivity index (χ1n) is 9.11. The Kier molecular flexibility index (Phi) is 5.34. The van der Waals surface area contributed by atoms with Gasteiger partial charge in [-0.25, -0.2) is 28.1 Å². The lowest BCUT2D eigenvalue weighted by molar-refractivity contribution is 0.102. The van der Waals surface area contributed by atoms with E-state index in [4.69, 9.17) is 11.6 Å². The lowest BCUT2D eigenvalue weighted by atomic mass is 10.3. The number of carbonyl (C=O) groups excluding carboxylic acids is 1. The fourth-order valence-corrected chi connectivity index (χ4v) is 4.10. The van der Waals surface area contributed by atoms with Gasteiger partial charge in [-0.2, -0.15) is 0 Å². The summed E-state index contributed by atoms with van der Waals surface area (Å²) in [6, 6.07) is 10.8. The van der Waals surface area contributed by atoms with Crippen molar-refractivity contribution in [2.24, 2.45) is 0 Å². The van der Waals surface area contributed by atoms with Gasteiger partial charge < -0.3 is 5.32 Å². The van der Waals surface area contributed by atoms with Gasteiger partial charge in [-0.1, -0.05) is 11.6 Å². The molecule has 11 heteroatoms. The summed E-state index contributed by atoms with van der Waals surface area (Å²) in [6.45, 7) is 3.46. The maximum atomic E-state index is 12.8. The molecular weight excluding hydrogens is 440 g/mol. The molecule has 0 aliphatic carbocycles. The zero-order chi connectivity index (χ0) is 22.2. The second kappa shape index (κ2) is 7.97. The molecule has 2 N–H and O–H groups in total. The zero-order valence-corrected chi connectivity index (χ0v) is 18.1. The Labute approximate surface area is 183 Å². The third kappa shape index (κ3) is 4.35. The molecule has 0 saturated heterocycles. The molecule has 0 fully saturated rings. The van der Waals surface area contributed by atoms with Crippen LogP contribution in [0.3, 0.4) is 0 Å². The summed E-state index contributed by atoms with van der Waals surface area (Å²) >= 11 is 5.98. The van der Waals surface area contributed by atoms with Crippen molar-refractivity contribution in [2.45, 2.75) is 18.7 Å². The van der Waals surface area contributed by atoms with Gasteiger partial charge in [0, 0.05) is 34.9 Å². The van der Waals surface area contributed by atoms with Gasteiger partial charge in [0.15, 0.2) is 0 Å². The van der Waals surface area contributed by atoms with Crippen LogP contribution >= 0.6 is 11.6 Å². The van der Waals surface area contributed by atoms with Crippen molar-refractivity contribution in [3.63, 3.8) is 0 Å². The number of benzene rings is 1. The fraction of sp³-hybridized carbons (Fsp3) is 0.100. The van der Waals surface area contributed by atoms with Crippen molar-refractivity contribution in [1.82, 2.24) is 19.4 Å². The van der Waals surface area contributed by atoms with Crippen LogP contribution in [0.1, 0.15) is 21.9 Å². The van der Waals surface area contributed by atoms with Gasteiger partial charge in [-0.15, -0.1) is 0 Å². The van der Waals surface area contributed by atoms with E-state index in [-0.39, 0.29) is 16.8 Å². The van der Waals surface area contributed by atoms with Crippen LogP contribution in [0.5, 0.6) is 0 Å². The predicted octanol–water partition coefficient (Wildman–Crippen LogP) is 3.45. The Morgan fingerprint density at radius 1 is 1.06 bits per heavy atom. The van der Waals surface area contributed by atoms with E-state index in [0.717, 1.165) is 0 Å². The van der Waals surface area contributed by atoms with Crippen LogP contribution in [-0.2, 0) is 10.0 Å². The maximum absolute atomic E-state index is 12.8. The minimum Gasteiger partial charge on any atom is -0.321 e. The van der Waals surface area contributed by atoms with Crippen LogP contribution in [0, 0.1) is 13.8 Å². The minimum absolute atomic E-state index is 0.0104. The smallest absolute Gasteiger partial charge is 0.274 e. The fourth-order valence-electron chi connectivity index (χ4n) is 3.00. The number of halogens is 1. The van der Waals surface area contributed by atoms with E-state index < -0.39 is 10.0 Å². The number of aromatic nitrogens is 4. The molecule has 4 aromatic rings. The van der Waals surface area contributed by atoms with Crippen LogP contribution in [0.25, 0.3) is 5.65 Å². The number of nitrogens with zero attached hydrogens (tertiary/aromatic N) is 4. The molecule has 3 heterocycles. The van der Waals surface area contributed by atoms with Crippen molar-refractivity contribution in [3.05, 3.63) is 77.0 Å². The van der Waals surface area contributed by atoms with Crippen LogP contribution in [-0.4, -0.2) is 33.7 Å². The summed E-state index contributed by atoms with van der Waals surface area (Å²) in [5.74, 6) is -0.394. The highest BCUT2D eigenvalue weighted by atomic mass is 35.5. The standard InChI is InChI=1S/C20H17ClN6O3S/c1-12-7-9-22-20(23-12)26-31(29,30)16-5-3-15(4-6-16)25-19(28)18-13(2)24-17-11-14(21)8-10-27(17)18/h3-11H,1-2H3,(H,25,28)(H,22,23,26). The third-order valence-electron chi connectivity index (χ3n) is 4.42. The molecule has 0 atom stereocenters. The molecule has 4 rings (SSSR count). The molecule has 1 amide bonds. The Bertz CT molecular complexity index is 1400. The van der Waals surface area contributed by atoms with E-state index >= 15 is 0 Å². The summed E-state index contributed by atoms with van der Waals surface area (Å²) in [6.07, 6.45) is 3.14. The SMILES string of the molecule is Cc1ccnc(NS(=O)(=O)c2ccc(NC(=O)c3c(C)nc4cc(Cl)ccn34)cc2)n1. The second-order valence-corrected chi connectivity index (χ2v) is 8.84. The van der Waals surface area contributed by atoms with Crippen molar-refractivity contribution in [2.75, 3.05) is 10.0 Å². The molecule has 0 spiro atoms. The molecule has 3 aromatic heterocycles. The highest BCUT2D eigenvalue weighted by Crippen LogP contribution is 2.20. The molecule has 0 saturated carbocycles. The van der Waals surface area contributed by atoms with Gasteiger partial charge in [0.05, 0.1) is 10.6 Å². The minimum atomic E-state index is -3.87. The summed E-state index contributed by atoms with van der Waals surface area (Å²) in [5, 5.41) is 3.27. The average Bonchev–Trinajstić information content (AvgIpc) is 3.03. The molecule has 1 aromatic carbocycles. The number of pyridine rings is 1. The number of amides is 1. The summed E-state index contributed by atoms with van der Waals surface area (Å²) < 4.78 is 29.1. The van der Waals surface area contributed by atoms with Gasteiger partial charge in [-0.3, -0.25) is 9.20 Å². The highest BCUT2D eigenvalue weighted by molar-refractivity contribution is 7.92. The summed E-state index contributed by atoms with van der Waals surface area (Å²) in [5.41, 5.74) is 2.53. The van der Waals surface area contributed by atoms with Gasteiger partial charge in [0.2, 0.25) is 5.95 Å². The van der Waals surface area contributed by atoms with Crippen molar-refractivity contribution in [1.29, 1.82) is 0 Å². The summed E-state index contributed by atoms with van der Waals surface area (Å²) in [4.78, 5) is 25.1. The maximum Gasteiger partial charge on any atom is 0.274 e. The van der Waals surface area contributed by atoms with Crippen molar-refractivity contribution >= 4 is 44.8 Å². The van der Waals surface area contributed by atoms with E-state index in [9.17, 15) is 13.2 Å². The van der Waals surface area contributed by atoms with Crippen LogP contribution in [0.15, 0.2) is 59.8 Å². The third-order valence-corrected chi connectivity index (χ3v) is 6.00. The molecule has 9 nitrogen and oxygen atoms in total. The van der Waals surface area contributed by atoms with Crippen LogP contribution in [0.4, 0.5) is 11.6 Å². The quantitative estimate of drug-likeness (QED) is 0.474. The number of carbonyl (C=O) groups is 1. The number of hydrogen-bond acceptors (Lipinski definition) is 6. The average molecular weight is 457 g/mol. The van der Waals surface area contributed by atoms with E-state index in [1.165, 1.54) is 30.5 Å². The molecule has 158 valence electrons. The zero-order valence-electron chi connectivity index (χ0n) is 16.5. The van der Waals surface area contributed by atoms with E-state index in [2.05, 4.69) is 25.0 Å². The lowest BCUT2D eigenvalue weighted by Crippen LogP contribution is -2.17. The molecule has 31 heavy (non-hydrogen) atoms. The largest absolute Gasteiger partial charge is 0.321 e. The number of hydrogen-bond donors (Lipinski definition) is 2. The van der Waals surface area contributed by atoms with Gasteiger partial charge >= 0.3 is 0 Å². The number of aryl methyl sites for hydroxylation is 2. The Morgan fingerprint density at radius 2 is 1.81 bits per heavy atom. The van der Waals surface area contributed by atoms with E-state index in [1.54, 1.807) is 42.6 Å². The first-order chi connectivity index (χ1) is 14.7. The van der Waals surface area contributed by atoms with E-state index in [1.807, 2.05) is 0 Å². The van der Waals surface area contributed by atoms with Crippen LogP contribution in [0.2, 0.25) is 5.02 Å². The molecular formula is C20H17ClN6O3S. The van der Waals surface area contributed by atoms with Crippen molar-refractivity contribution in [3.8, 4) is 0 Å². The monoisotopic (exact) mass is 456 g/mol. The number of sulfonamides is 1. The number of nitrogens with one attached hydrogen (secondary N) is 2. The number of anilines is 2. The number of rotatable bonds is 5. The lowest BCUT2D eigenvalue weighted by Gasteiger charge is -2.09. The number of fused-ring (bicyclic) bond motifs is 1. The van der Waals surface area contributed by atoms with Crippen molar-refractivity contribution < 1.29 is 13.2 Å².